The number of hydrogen-bond acceptors (Lipinski definition) is 2. The first kappa shape index (κ1) is 14.2. The monoisotopic (exact) mass is 341 g/mol. The van der Waals surface area contributed by atoms with Crippen molar-refractivity contribution in [3.8, 4) is 0 Å². The average molecular weight is 342 g/mol. The third-order valence-corrected chi connectivity index (χ3v) is 4.10. The summed E-state index contributed by atoms with van der Waals surface area (Å²) in [6.45, 7) is 2.05. The van der Waals surface area contributed by atoms with E-state index in [-0.39, 0.29) is 0 Å². The van der Waals surface area contributed by atoms with E-state index in [4.69, 9.17) is 0 Å². The van der Waals surface area contributed by atoms with Crippen molar-refractivity contribution < 1.29 is 5.11 Å². The molecule has 3 aromatic rings. The summed E-state index contributed by atoms with van der Waals surface area (Å²) >= 11 is 3.46. The van der Waals surface area contributed by atoms with Crippen LogP contribution in [-0.4, -0.2) is 10.1 Å². The van der Waals surface area contributed by atoms with Crippen molar-refractivity contribution >= 4 is 26.8 Å². The number of aromatic nitrogens is 1. The molecule has 1 unspecified atom stereocenters. The predicted molar refractivity (Wildman–Crippen MR) is 89.3 cm³/mol. The van der Waals surface area contributed by atoms with Gasteiger partial charge in [-0.2, -0.15) is 0 Å². The molecule has 1 N–H and O–H groups in total. The molecule has 2 aromatic carbocycles. The Hall–Kier alpha value is -1.71. The van der Waals surface area contributed by atoms with Gasteiger partial charge in [0.1, 0.15) is 0 Å². The quantitative estimate of drug-likeness (QED) is 0.756. The van der Waals surface area contributed by atoms with Crippen LogP contribution in [0.3, 0.4) is 0 Å². The van der Waals surface area contributed by atoms with Gasteiger partial charge in [-0.25, -0.2) is 0 Å². The number of fused-ring (bicyclic) bond motifs is 1. The van der Waals surface area contributed by atoms with Crippen LogP contribution in [0.4, 0.5) is 0 Å². The smallest absolute Gasteiger partial charge is 0.1000 e. The molecule has 3 heteroatoms. The van der Waals surface area contributed by atoms with Crippen LogP contribution in [-0.2, 0) is 6.42 Å². The Balaban J connectivity index is 1.92. The molecule has 0 saturated heterocycles. The van der Waals surface area contributed by atoms with E-state index in [1.54, 1.807) is 0 Å². The Morgan fingerprint density at radius 1 is 1.10 bits per heavy atom. The minimum Gasteiger partial charge on any atom is -0.386 e. The molecule has 0 aliphatic heterocycles. The number of para-hydroxylation sites is 1. The summed E-state index contributed by atoms with van der Waals surface area (Å²) in [5.74, 6) is 0. The highest BCUT2D eigenvalue weighted by molar-refractivity contribution is 9.10. The van der Waals surface area contributed by atoms with Crippen molar-refractivity contribution in [3.63, 3.8) is 0 Å². The lowest BCUT2D eigenvalue weighted by molar-refractivity contribution is 0.174. The zero-order valence-corrected chi connectivity index (χ0v) is 13.3. The predicted octanol–water partition coefficient (Wildman–Crippen LogP) is 4.58. The standard InChI is InChI=1S/C18H16BrNO/c1-12-9-17(20-16-8-3-2-7-15(12)16)18(21)11-13-5-4-6-14(19)10-13/h2-10,18,21H,11H2,1H3. The van der Waals surface area contributed by atoms with Crippen LogP contribution < -0.4 is 0 Å². The Labute approximate surface area is 132 Å². The maximum atomic E-state index is 10.5. The fraction of sp³-hybridized carbons (Fsp3) is 0.167. The summed E-state index contributed by atoms with van der Waals surface area (Å²) in [7, 11) is 0. The molecule has 2 nitrogen and oxygen atoms in total. The molecule has 0 fully saturated rings. The van der Waals surface area contributed by atoms with E-state index in [0.717, 1.165) is 32.2 Å². The molecular formula is C18H16BrNO. The molecule has 1 heterocycles. The van der Waals surface area contributed by atoms with Gasteiger partial charge in [-0.3, -0.25) is 4.98 Å². The van der Waals surface area contributed by atoms with Gasteiger partial charge in [-0.15, -0.1) is 0 Å². The first-order valence-corrected chi connectivity index (χ1v) is 7.71. The van der Waals surface area contributed by atoms with Gasteiger partial charge in [-0.05, 0) is 42.3 Å². The summed E-state index contributed by atoms with van der Waals surface area (Å²) in [6, 6.07) is 18.0. The first-order chi connectivity index (χ1) is 10.1. The highest BCUT2D eigenvalue weighted by atomic mass is 79.9. The van der Waals surface area contributed by atoms with Gasteiger partial charge in [-0.1, -0.05) is 46.3 Å². The lowest BCUT2D eigenvalue weighted by Gasteiger charge is -2.13. The van der Waals surface area contributed by atoms with Gasteiger partial charge in [0, 0.05) is 16.3 Å². The van der Waals surface area contributed by atoms with Gasteiger partial charge in [0.05, 0.1) is 17.3 Å². The Morgan fingerprint density at radius 2 is 1.90 bits per heavy atom. The van der Waals surface area contributed by atoms with Crippen LogP contribution in [0.1, 0.15) is 22.9 Å². The summed E-state index contributed by atoms with van der Waals surface area (Å²) < 4.78 is 1.02. The van der Waals surface area contributed by atoms with E-state index in [9.17, 15) is 5.11 Å². The zero-order chi connectivity index (χ0) is 14.8. The van der Waals surface area contributed by atoms with Crippen molar-refractivity contribution in [2.45, 2.75) is 19.4 Å². The minimum absolute atomic E-state index is 0.560. The molecule has 0 spiro atoms. The van der Waals surface area contributed by atoms with Gasteiger partial charge in [0.25, 0.3) is 0 Å². The zero-order valence-electron chi connectivity index (χ0n) is 11.8. The second kappa shape index (κ2) is 5.96. The van der Waals surface area contributed by atoms with Crippen molar-refractivity contribution in [1.82, 2.24) is 4.98 Å². The molecule has 1 aromatic heterocycles. The van der Waals surface area contributed by atoms with E-state index in [1.165, 1.54) is 0 Å². The topological polar surface area (TPSA) is 33.1 Å². The number of aliphatic hydroxyl groups excluding tert-OH is 1. The van der Waals surface area contributed by atoms with Crippen molar-refractivity contribution in [2.24, 2.45) is 0 Å². The van der Waals surface area contributed by atoms with E-state index in [0.29, 0.717) is 6.42 Å². The Kier molecular flexibility index (Phi) is 4.04. The summed E-state index contributed by atoms with van der Waals surface area (Å²) in [5.41, 5.74) is 3.89. The largest absolute Gasteiger partial charge is 0.386 e. The highest BCUT2D eigenvalue weighted by Crippen LogP contribution is 2.24. The molecule has 0 bridgehead atoms. The summed E-state index contributed by atoms with van der Waals surface area (Å²) in [4.78, 5) is 4.59. The second-order valence-electron chi connectivity index (χ2n) is 5.23. The maximum absolute atomic E-state index is 10.5. The number of rotatable bonds is 3. The maximum Gasteiger partial charge on any atom is 0.1000 e. The summed E-state index contributed by atoms with van der Waals surface area (Å²) in [5, 5.41) is 11.6. The molecule has 0 radical (unpaired) electrons. The molecule has 106 valence electrons. The van der Waals surface area contributed by atoms with Crippen LogP contribution in [0.25, 0.3) is 10.9 Å². The van der Waals surface area contributed by atoms with Gasteiger partial charge < -0.3 is 5.11 Å². The molecule has 0 aliphatic carbocycles. The highest BCUT2D eigenvalue weighted by Gasteiger charge is 2.12. The number of aryl methyl sites for hydroxylation is 1. The van der Waals surface area contributed by atoms with E-state index in [2.05, 4.69) is 33.9 Å². The summed E-state index contributed by atoms with van der Waals surface area (Å²) in [6.07, 6.45) is -0.0351. The van der Waals surface area contributed by atoms with Crippen molar-refractivity contribution in [2.75, 3.05) is 0 Å². The van der Waals surface area contributed by atoms with E-state index in [1.807, 2.05) is 48.5 Å². The first-order valence-electron chi connectivity index (χ1n) is 6.92. The van der Waals surface area contributed by atoms with E-state index < -0.39 is 6.10 Å². The third-order valence-electron chi connectivity index (χ3n) is 3.60. The van der Waals surface area contributed by atoms with Crippen LogP contribution >= 0.6 is 15.9 Å². The molecule has 1 atom stereocenters. The van der Waals surface area contributed by atoms with Crippen molar-refractivity contribution in [1.29, 1.82) is 0 Å². The van der Waals surface area contributed by atoms with Crippen LogP contribution in [0.2, 0.25) is 0 Å². The average Bonchev–Trinajstić information content (AvgIpc) is 2.47. The molecule has 3 rings (SSSR count). The number of nitrogens with zero attached hydrogens (tertiary/aromatic N) is 1. The fourth-order valence-electron chi connectivity index (χ4n) is 2.54. The van der Waals surface area contributed by atoms with Crippen LogP contribution in [0, 0.1) is 6.92 Å². The lowest BCUT2D eigenvalue weighted by Crippen LogP contribution is -2.05. The molecule has 0 saturated carbocycles. The molecule has 0 amide bonds. The number of hydrogen-bond donors (Lipinski definition) is 1. The Morgan fingerprint density at radius 3 is 2.71 bits per heavy atom. The van der Waals surface area contributed by atoms with Gasteiger partial charge in [0.15, 0.2) is 0 Å². The SMILES string of the molecule is Cc1cc(C(O)Cc2cccc(Br)c2)nc2ccccc12. The van der Waals surface area contributed by atoms with Gasteiger partial charge >= 0.3 is 0 Å². The normalized spacial score (nSPS) is 12.5. The lowest BCUT2D eigenvalue weighted by atomic mass is 10.0. The molecular weight excluding hydrogens is 326 g/mol. The number of aliphatic hydroxyl groups is 1. The third kappa shape index (κ3) is 3.14. The Bertz CT molecular complexity index is 785. The fourth-order valence-corrected chi connectivity index (χ4v) is 2.98. The van der Waals surface area contributed by atoms with Crippen LogP contribution in [0.5, 0.6) is 0 Å². The van der Waals surface area contributed by atoms with E-state index >= 15 is 0 Å². The molecule has 21 heavy (non-hydrogen) atoms. The number of benzene rings is 2. The second-order valence-corrected chi connectivity index (χ2v) is 6.15. The minimum atomic E-state index is -0.595. The van der Waals surface area contributed by atoms with Crippen molar-refractivity contribution in [3.05, 3.63) is 75.9 Å². The molecule has 0 aliphatic rings. The van der Waals surface area contributed by atoms with Gasteiger partial charge in [0.2, 0.25) is 0 Å². The number of pyridine rings is 1. The van der Waals surface area contributed by atoms with Crippen LogP contribution in [0.15, 0.2) is 59.1 Å². The number of halogens is 1.